The van der Waals surface area contributed by atoms with Gasteiger partial charge in [0.2, 0.25) is 35.4 Å². The highest BCUT2D eigenvalue weighted by Gasteiger charge is 2.44. The summed E-state index contributed by atoms with van der Waals surface area (Å²) in [5.41, 5.74) is 7.40. The molecule has 23 nitrogen and oxygen atoms in total. The van der Waals surface area contributed by atoms with E-state index in [9.17, 15) is 52.7 Å². The summed E-state index contributed by atoms with van der Waals surface area (Å²) in [6, 6.07) is 13.2. The van der Waals surface area contributed by atoms with Gasteiger partial charge in [-0.2, -0.15) is 0 Å². The number of primary amides is 1. The van der Waals surface area contributed by atoms with E-state index >= 15 is 0 Å². The quantitative estimate of drug-likeness (QED) is 0.0393. The molecule has 2 aromatic carbocycles. The van der Waals surface area contributed by atoms with Crippen LogP contribution < -0.4 is 27.0 Å². The number of anilines is 1. The van der Waals surface area contributed by atoms with E-state index in [2.05, 4.69) is 21.3 Å². The van der Waals surface area contributed by atoms with Crippen molar-refractivity contribution in [3.8, 4) is 0 Å². The summed E-state index contributed by atoms with van der Waals surface area (Å²) < 4.78 is 18.2. The van der Waals surface area contributed by atoms with Crippen molar-refractivity contribution in [3.63, 3.8) is 0 Å². The lowest BCUT2D eigenvalue weighted by Gasteiger charge is -2.41. The maximum atomic E-state index is 14.7. The zero-order valence-electron chi connectivity index (χ0n) is 61.7. The lowest BCUT2D eigenvalue weighted by molar-refractivity contribution is -0.149. The van der Waals surface area contributed by atoms with Crippen molar-refractivity contribution in [2.45, 2.75) is 215 Å². The molecule has 8 amide bonds. The van der Waals surface area contributed by atoms with Crippen LogP contribution in [0.1, 0.15) is 171 Å². The summed E-state index contributed by atoms with van der Waals surface area (Å²) in [5.74, 6) is -5.28. The molecule has 0 aromatic heterocycles. The molecule has 0 aliphatic carbocycles. The number of ether oxygens (including phenoxy) is 3. The van der Waals surface area contributed by atoms with E-state index in [0.717, 1.165) is 11.1 Å². The normalized spacial score (nSPS) is 17.8. The number of benzene rings is 2. The Balaban J connectivity index is 1.38. The Kier molecular flexibility index (Phi) is 35.4. The average Bonchev–Trinajstić information content (AvgIpc) is 1.37. The molecule has 0 spiro atoms. The number of hydrogen-bond acceptors (Lipinski definition) is 15. The molecule has 2 aliphatic heterocycles. The van der Waals surface area contributed by atoms with Crippen molar-refractivity contribution in [2.24, 2.45) is 59.0 Å². The number of Topliss-reactive ketones (excluding diaryl/α,β-unsaturated/α-hetero) is 4. The summed E-state index contributed by atoms with van der Waals surface area (Å²) >= 11 is 0. The lowest BCUT2D eigenvalue weighted by Crippen LogP contribution is -2.54. The molecular weight excluding hydrogens is 1250 g/mol. The van der Waals surface area contributed by atoms with Gasteiger partial charge in [0.05, 0.1) is 55.3 Å². The monoisotopic (exact) mass is 1370 g/mol. The first-order valence-electron chi connectivity index (χ1n) is 35.6. The first-order valence-corrected chi connectivity index (χ1v) is 35.6. The Hall–Kier alpha value is -6.95. The van der Waals surface area contributed by atoms with E-state index in [-0.39, 0.29) is 141 Å². The zero-order chi connectivity index (χ0) is 73.1. The predicted molar refractivity (Wildman–Crippen MR) is 378 cm³/mol. The Morgan fingerprint density at radius 1 is 0.694 bits per heavy atom. The van der Waals surface area contributed by atoms with Crippen LogP contribution in [0.25, 0.3) is 0 Å². The van der Waals surface area contributed by atoms with Crippen LogP contribution in [-0.4, -0.2) is 195 Å². The van der Waals surface area contributed by atoms with Crippen LogP contribution in [0.15, 0.2) is 54.6 Å². The highest BCUT2D eigenvalue weighted by Crippen LogP contribution is 2.32. The first-order chi connectivity index (χ1) is 46.3. The fourth-order valence-electron chi connectivity index (χ4n) is 14.1. The summed E-state index contributed by atoms with van der Waals surface area (Å²) in [6.07, 6.45) is 2.83. The second-order valence-corrected chi connectivity index (χ2v) is 28.8. The summed E-state index contributed by atoms with van der Waals surface area (Å²) in [4.78, 5) is 156. The van der Waals surface area contributed by atoms with Gasteiger partial charge in [-0.3, -0.25) is 52.8 Å². The third kappa shape index (κ3) is 26.0. The smallest absolute Gasteiger partial charge is 0.312 e. The molecule has 0 saturated carbocycles. The van der Waals surface area contributed by atoms with Crippen molar-refractivity contribution >= 4 is 70.3 Å². The van der Waals surface area contributed by atoms with Crippen molar-refractivity contribution < 1.29 is 67.0 Å². The molecule has 23 heteroatoms. The van der Waals surface area contributed by atoms with Crippen molar-refractivity contribution in [1.82, 2.24) is 35.6 Å². The number of urea groups is 1. The predicted octanol–water partition coefficient (Wildman–Crippen LogP) is 7.97. The van der Waals surface area contributed by atoms with Gasteiger partial charge < -0.3 is 55.9 Å². The molecule has 4 rings (SSSR count). The zero-order valence-corrected chi connectivity index (χ0v) is 61.7. The second-order valence-electron chi connectivity index (χ2n) is 28.8. The third-order valence-corrected chi connectivity index (χ3v) is 20.1. The highest BCUT2D eigenvalue weighted by atomic mass is 16.5. The molecular formula is C75H119N9O14. The summed E-state index contributed by atoms with van der Waals surface area (Å²) in [7, 11) is 8.63. The Morgan fingerprint density at radius 2 is 1.35 bits per heavy atom. The number of piperidine rings is 1. The van der Waals surface area contributed by atoms with Gasteiger partial charge in [-0.1, -0.05) is 118 Å². The first kappa shape index (κ1) is 83.5. The van der Waals surface area contributed by atoms with Gasteiger partial charge >= 0.3 is 6.03 Å². The van der Waals surface area contributed by atoms with E-state index in [1.54, 1.807) is 87.9 Å². The lowest BCUT2D eigenvalue weighted by atomic mass is 9.83. The van der Waals surface area contributed by atoms with Crippen molar-refractivity contribution in [3.05, 3.63) is 65.7 Å². The molecule has 0 bridgehead atoms. The van der Waals surface area contributed by atoms with Gasteiger partial charge in [0.25, 0.3) is 0 Å². The highest BCUT2D eigenvalue weighted by molar-refractivity contribution is 5.98. The van der Waals surface area contributed by atoms with Crippen LogP contribution in [0.2, 0.25) is 0 Å². The number of likely N-dealkylation sites (tertiary alicyclic amines) is 2. The molecule has 2 heterocycles. The Morgan fingerprint density at radius 3 is 1.91 bits per heavy atom. The summed E-state index contributed by atoms with van der Waals surface area (Å²) in [6.45, 7) is 22.2. The van der Waals surface area contributed by atoms with E-state index in [0.29, 0.717) is 76.7 Å². The Bertz CT molecular complexity index is 2910. The second kappa shape index (κ2) is 41.6. The Labute approximate surface area is 583 Å². The van der Waals surface area contributed by atoms with Crippen LogP contribution in [0, 0.1) is 53.3 Å². The van der Waals surface area contributed by atoms with Gasteiger partial charge in [0.15, 0.2) is 17.3 Å². The summed E-state index contributed by atoms with van der Waals surface area (Å²) in [5, 5.41) is 11.4. The van der Waals surface area contributed by atoms with Gasteiger partial charge in [-0.25, -0.2) is 4.79 Å². The van der Waals surface area contributed by atoms with Gasteiger partial charge in [-0.05, 0) is 119 Å². The number of rotatable bonds is 43. The van der Waals surface area contributed by atoms with Gasteiger partial charge in [0.1, 0.15) is 12.4 Å². The SMILES string of the molecule is CC[C@H](C)[C@@H]([C@@H](CC(=O)N1CCC[C@H]1[C@H](OC)[C@@H](C)C(=O)N[C@@H](Cc1ccccc1)C[C@H](C)C(=O)COCc1ccc(NC(=O)[C@@H](CCCNC(N)=O)CC(=O)[C@H](NC(=O)CCC(=O)N2CCC(C(C)=O)CC2)C(C)C)cc1)OC)N(C)C(=O)[C@@H](CC(=O)[C@H](C(C)C)N(C)C)C(C)C. The minimum absolute atomic E-state index is 0.0148. The molecule has 2 aliphatic rings. The van der Waals surface area contributed by atoms with Crippen LogP contribution in [0.5, 0.6) is 0 Å². The minimum Gasteiger partial charge on any atom is -0.379 e. The number of hydrogen-bond donors (Lipinski definition) is 5. The number of nitrogens with one attached hydrogen (secondary N) is 4. The molecule has 2 saturated heterocycles. The number of carbonyl (C=O) groups is 11. The van der Waals surface area contributed by atoms with Crippen LogP contribution >= 0.6 is 0 Å². The molecule has 2 fully saturated rings. The molecule has 548 valence electrons. The van der Waals surface area contributed by atoms with Gasteiger partial charge in [0, 0.05) is 109 Å². The molecule has 0 unspecified atom stereocenters. The molecule has 6 N–H and O–H groups in total. The maximum Gasteiger partial charge on any atom is 0.312 e. The van der Waals surface area contributed by atoms with Crippen LogP contribution in [0.3, 0.4) is 0 Å². The number of amides is 8. The molecule has 0 radical (unpaired) electrons. The van der Waals surface area contributed by atoms with Crippen molar-refractivity contribution in [1.29, 1.82) is 0 Å². The van der Waals surface area contributed by atoms with E-state index in [4.69, 9.17) is 19.9 Å². The van der Waals surface area contributed by atoms with Crippen LogP contribution in [-0.2, 0) is 75.2 Å². The number of ketones is 4. The van der Waals surface area contributed by atoms with Crippen molar-refractivity contribution in [2.75, 3.05) is 73.5 Å². The number of carbonyl (C=O) groups excluding carboxylic acids is 11. The van der Waals surface area contributed by atoms with E-state index in [1.807, 2.05) is 97.8 Å². The fraction of sp³-hybridized carbons (Fsp3) is 0.693. The minimum atomic E-state index is -0.930. The number of nitrogens with two attached hydrogens (primary N) is 1. The van der Waals surface area contributed by atoms with Gasteiger partial charge in [-0.15, -0.1) is 0 Å². The third-order valence-electron chi connectivity index (χ3n) is 20.1. The molecule has 12 atom stereocenters. The van der Waals surface area contributed by atoms with Crippen LogP contribution in [0.4, 0.5) is 10.5 Å². The van der Waals surface area contributed by atoms with E-state index < -0.39 is 77.9 Å². The number of methoxy groups -OCH3 is 2. The number of nitrogens with zero attached hydrogens (tertiary/aromatic N) is 4. The standard InChI is InChI=1S/C75H119N9O14/c1-17-49(8)70(82(14)74(94)59(46(2)3)42-62(87)69(48(6)7)81(12)13)64(96-15)43-67(91)84-36-22-26-60(84)71(97-16)51(10)72(92)79-58(40-53-23-19-18-20-24-53)39-50(9)63(88)45-98-44-54-27-29-57(30-28-54)78-73(93)56(25-21-35-77-75(76)95)41-61(86)68(47(4)5)80-65(89)31-32-66(90)83-37-33-55(34-38-83)52(11)85/h18-20,23-24,27-30,46-51,55-56,58-60,64,68-71H,17,21-22,25-26,31-45H2,1-16H3,(H,78,93)(H,79,92)(H,80,89)(H3,76,77,95)/t49-,50-,51+,56-,58+,59-,60-,64+,68+,69-,70-,71+/m0/s1. The topological polar surface area (TPSA) is 303 Å². The maximum absolute atomic E-state index is 14.7. The average molecular weight is 1370 g/mol. The molecule has 98 heavy (non-hydrogen) atoms. The fourth-order valence-corrected chi connectivity index (χ4v) is 14.1. The largest absolute Gasteiger partial charge is 0.379 e. The number of likely N-dealkylation sites (N-methyl/N-ethyl adjacent to an activating group) is 2. The molecule has 2 aromatic rings. The van der Waals surface area contributed by atoms with E-state index in [1.165, 1.54) is 0 Å².